The molecule has 0 saturated carbocycles. The van der Waals surface area contributed by atoms with Gasteiger partial charge in [-0.05, 0) is 30.0 Å². The van der Waals surface area contributed by atoms with Crippen LogP contribution in [-0.4, -0.2) is 35.2 Å². The van der Waals surface area contributed by atoms with Crippen LogP contribution in [0, 0.1) is 5.92 Å². The van der Waals surface area contributed by atoms with Crippen molar-refractivity contribution in [1.29, 1.82) is 0 Å². The Morgan fingerprint density at radius 3 is 2.62 bits per heavy atom. The summed E-state index contributed by atoms with van der Waals surface area (Å²) >= 11 is 0. The van der Waals surface area contributed by atoms with Gasteiger partial charge in [0.1, 0.15) is 5.75 Å². The number of benzene rings is 1. The molecule has 3 atom stereocenters. The van der Waals surface area contributed by atoms with Gasteiger partial charge in [-0.25, -0.2) is 0 Å². The van der Waals surface area contributed by atoms with Crippen LogP contribution in [0.15, 0.2) is 24.3 Å². The van der Waals surface area contributed by atoms with Crippen LogP contribution < -0.4 is 5.32 Å². The molecule has 0 aromatic heterocycles. The Hall–Kier alpha value is -1.06. The fraction of sp³-hybridized carbons (Fsp3) is 0.667. The van der Waals surface area contributed by atoms with Crippen molar-refractivity contribution >= 4 is 0 Å². The number of nitrogens with one attached hydrogen (secondary N) is 1. The Balaban J connectivity index is 2.04. The molecule has 0 spiro atoms. The molecular formula is C18H30N2O. The van der Waals surface area contributed by atoms with Gasteiger partial charge in [-0.2, -0.15) is 0 Å². The summed E-state index contributed by atoms with van der Waals surface area (Å²) in [5.74, 6) is 1.07. The molecule has 3 heteroatoms. The van der Waals surface area contributed by atoms with E-state index < -0.39 is 0 Å². The average molecular weight is 290 g/mol. The Morgan fingerprint density at radius 1 is 1.29 bits per heavy atom. The van der Waals surface area contributed by atoms with Crippen LogP contribution in [0.1, 0.15) is 45.6 Å². The molecule has 1 saturated heterocycles. The third-order valence-corrected chi connectivity index (χ3v) is 4.84. The largest absolute Gasteiger partial charge is 0.508 e. The van der Waals surface area contributed by atoms with Gasteiger partial charge < -0.3 is 10.4 Å². The predicted molar refractivity (Wildman–Crippen MR) is 88.5 cm³/mol. The van der Waals surface area contributed by atoms with Crippen molar-refractivity contribution in [2.75, 3.05) is 13.1 Å². The molecule has 0 bridgehead atoms. The molecule has 1 aromatic carbocycles. The molecule has 1 fully saturated rings. The zero-order valence-corrected chi connectivity index (χ0v) is 13.7. The first-order chi connectivity index (χ1) is 10.1. The van der Waals surface area contributed by atoms with E-state index in [9.17, 15) is 5.11 Å². The van der Waals surface area contributed by atoms with E-state index in [0.29, 0.717) is 17.8 Å². The predicted octanol–water partition coefficient (Wildman–Crippen LogP) is 3.38. The number of hydrogen-bond donors (Lipinski definition) is 2. The van der Waals surface area contributed by atoms with Crippen molar-refractivity contribution in [2.24, 2.45) is 5.92 Å². The van der Waals surface area contributed by atoms with Gasteiger partial charge >= 0.3 is 0 Å². The van der Waals surface area contributed by atoms with Crippen molar-refractivity contribution in [3.8, 4) is 5.75 Å². The van der Waals surface area contributed by atoms with Crippen molar-refractivity contribution in [3.63, 3.8) is 0 Å². The fourth-order valence-corrected chi connectivity index (χ4v) is 3.20. The molecule has 1 aromatic rings. The average Bonchev–Trinajstić information content (AvgIpc) is 2.50. The molecule has 0 aliphatic carbocycles. The lowest BCUT2D eigenvalue weighted by Crippen LogP contribution is -2.57. The third kappa shape index (κ3) is 4.45. The van der Waals surface area contributed by atoms with Gasteiger partial charge in [0.15, 0.2) is 0 Å². The van der Waals surface area contributed by atoms with Gasteiger partial charge in [-0.3, -0.25) is 4.90 Å². The second-order valence-corrected chi connectivity index (χ2v) is 6.44. The molecule has 2 rings (SSSR count). The summed E-state index contributed by atoms with van der Waals surface area (Å²) in [5, 5.41) is 13.2. The van der Waals surface area contributed by atoms with E-state index >= 15 is 0 Å². The smallest absolute Gasteiger partial charge is 0.115 e. The van der Waals surface area contributed by atoms with Gasteiger partial charge in [0.25, 0.3) is 0 Å². The number of phenols is 1. The highest BCUT2D eigenvalue weighted by Gasteiger charge is 2.29. The lowest BCUT2D eigenvalue weighted by molar-refractivity contribution is 0.0960. The molecule has 21 heavy (non-hydrogen) atoms. The number of nitrogens with zero attached hydrogens (tertiary/aromatic N) is 1. The maximum absolute atomic E-state index is 9.42. The Labute approximate surface area is 129 Å². The number of rotatable bonds is 6. The molecule has 2 N–H and O–H groups in total. The minimum Gasteiger partial charge on any atom is -0.508 e. The molecule has 118 valence electrons. The molecule has 1 heterocycles. The first-order valence-corrected chi connectivity index (χ1v) is 8.39. The molecule has 0 radical (unpaired) electrons. The first kappa shape index (κ1) is 16.3. The SMILES string of the molecule is CCCC1CNC(C(C)CC)CN1Cc1ccc(O)cc1. The first-order valence-electron chi connectivity index (χ1n) is 8.39. The van der Waals surface area contributed by atoms with Crippen LogP contribution >= 0.6 is 0 Å². The summed E-state index contributed by atoms with van der Waals surface area (Å²) < 4.78 is 0. The van der Waals surface area contributed by atoms with E-state index in [0.717, 1.165) is 25.6 Å². The molecule has 3 unspecified atom stereocenters. The summed E-state index contributed by atoms with van der Waals surface area (Å²) in [6.07, 6.45) is 3.70. The highest BCUT2D eigenvalue weighted by molar-refractivity contribution is 5.25. The van der Waals surface area contributed by atoms with E-state index in [1.54, 1.807) is 12.1 Å². The number of piperazine rings is 1. The zero-order valence-electron chi connectivity index (χ0n) is 13.7. The van der Waals surface area contributed by atoms with E-state index in [-0.39, 0.29) is 0 Å². The van der Waals surface area contributed by atoms with Gasteiger partial charge in [0.2, 0.25) is 0 Å². The van der Waals surface area contributed by atoms with Crippen LogP contribution in [0.4, 0.5) is 0 Å². The fourth-order valence-electron chi connectivity index (χ4n) is 3.20. The van der Waals surface area contributed by atoms with E-state index in [1.807, 2.05) is 12.1 Å². The van der Waals surface area contributed by atoms with Gasteiger partial charge in [-0.1, -0.05) is 45.7 Å². The standard InChI is InChI=1S/C18H30N2O/c1-4-6-16-11-19-18(14(3)5-2)13-20(16)12-15-7-9-17(21)10-8-15/h7-10,14,16,18-19,21H,4-6,11-13H2,1-3H3. The number of aromatic hydroxyl groups is 1. The van der Waals surface area contributed by atoms with Gasteiger partial charge in [0, 0.05) is 31.7 Å². The Kier molecular flexibility index (Phi) is 6.07. The second kappa shape index (κ2) is 7.81. The third-order valence-electron chi connectivity index (χ3n) is 4.84. The van der Waals surface area contributed by atoms with E-state index in [4.69, 9.17) is 0 Å². The number of phenolic OH excluding ortho intramolecular Hbond substituents is 1. The highest BCUT2D eigenvalue weighted by atomic mass is 16.3. The lowest BCUT2D eigenvalue weighted by Gasteiger charge is -2.42. The second-order valence-electron chi connectivity index (χ2n) is 6.44. The molecule has 3 nitrogen and oxygen atoms in total. The minimum absolute atomic E-state index is 0.349. The van der Waals surface area contributed by atoms with Gasteiger partial charge in [0.05, 0.1) is 0 Å². The lowest BCUT2D eigenvalue weighted by atomic mass is 9.94. The van der Waals surface area contributed by atoms with Crippen LogP contribution in [0.5, 0.6) is 5.75 Å². The van der Waals surface area contributed by atoms with Crippen molar-refractivity contribution in [3.05, 3.63) is 29.8 Å². The normalized spacial score (nSPS) is 24.9. The maximum atomic E-state index is 9.42. The van der Waals surface area contributed by atoms with E-state index in [2.05, 4.69) is 31.0 Å². The van der Waals surface area contributed by atoms with Gasteiger partial charge in [-0.15, -0.1) is 0 Å². The molecule has 0 amide bonds. The molecule has 1 aliphatic heterocycles. The van der Waals surface area contributed by atoms with Crippen molar-refractivity contribution in [2.45, 2.75) is 58.7 Å². The van der Waals surface area contributed by atoms with Crippen molar-refractivity contribution < 1.29 is 5.11 Å². The summed E-state index contributed by atoms with van der Waals surface area (Å²) in [4.78, 5) is 2.63. The topological polar surface area (TPSA) is 35.5 Å². The Bertz CT molecular complexity index is 418. The zero-order chi connectivity index (χ0) is 15.2. The molecular weight excluding hydrogens is 260 g/mol. The Morgan fingerprint density at radius 2 is 2.00 bits per heavy atom. The summed E-state index contributed by atoms with van der Waals surface area (Å²) in [5.41, 5.74) is 1.29. The van der Waals surface area contributed by atoms with Crippen LogP contribution in [-0.2, 0) is 6.54 Å². The number of hydrogen-bond acceptors (Lipinski definition) is 3. The van der Waals surface area contributed by atoms with Crippen LogP contribution in [0.25, 0.3) is 0 Å². The monoisotopic (exact) mass is 290 g/mol. The summed E-state index contributed by atoms with van der Waals surface area (Å²) in [7, 11) is 0. The summed E-state index contributed by atoms with van der Waals surface area (Å²) in [6, 6.07) is 8.89. The molecule has 1 aliphatic rings. The van der Waals surface area contributed by atoms with Crippen LogP contribution in [0.2, 0.25) is 0 Å². The highest BCUT2D eigenvalue weighted by Crippen LogP contribution is 2.21. The summed E-state index contributed by atoms with van der Waals surface area (Å²) in [6.45, 7) is 10.1. The van der Waals surface area contributed by atoms with Crippen LogP contribution in [0.3, 0.4) is 0 Å². The van der Waals surface area contributed by atoms with Crippen molar-refractivity contribution in [1.82, 2.24) is 10.2 Å². The minimum atomic E-state index is 0.349. The quantitative estimate of drug-likeness (QED) is 0.843. The maximum Gasteiger partial charge on any atom is 0.115 e. The van der Waals surface area contributed by atoms with E-state index in [1.165, 1.54) is 24.8 Å².